The third-order valence-corrected chi connectivity index (χ3v) is 3.31. The van der Waals surface area contributed by atoms with Gasteiger partial charge in [0.25, 0.3) is 0 Å². The summed E-state index contributed by atoms with van der Waals surface area (Å²) in [5.41, 5.74) is 0.390. The molecule has 2 aromatic rings. The first-order chi connectivity index (χ1) is 9.15. The van der Waals surface area contributed by atoms with Gasteiger partial charge in [-0.15, -0.1) is 0 Å². The van der Waals surface area contributed by atoms with Crippen LogP contribution in [0.1, 0.15) is 30.6 Å². The summed E-state index contributed by atoms with van der Waals surface area (Å²) in [6.45, 7) is 2.59. The monoisotopic (exact) mass is 330 g/mol. The highest BCUT2D eigenvalue weighted by Gasteiger charge is 2.24. The molecule has 7 heteroatoms. The molecule has 0 saturated heterocycles. The van der Waals surface area contributed by atoms with Crippen LogP contribution in [0, 0.1) is 11.6 Å². The Morgan fingerprint density at radius 2 is 2.21 bits per heavy atom. The summed E-state index contributed by atoms with van der Waals surface area (Å²) in [5.74, 6) is -1.24. The number of hydrogen-bond acceptors (Lipinski definition) is 3. The summed E-state index contributed by atoms with van der Waals surface area (Å²) in [6.07, 6.45) is 2.29. The van der Waals surface area contributed by atoms with E-state index in [-0.39, 0.29) is 10.0 Å². The molecule has 1 unspecified atom stereocenters. The van der Waals surface area contributed by atoms with Gasteiger partial charge in [-0.3, -0.25) is 0 Å². The van der Waals surface area contributed by atoms with Crippen molar-refractivity contribution in [1.29, 1.82) is 0 Å². The first-order valence-electron chi connectivity index (χ1n) is 5.87. The number of halogens is 3. The second-order valence-corrected chi connectivity index (χ2v) is 4.89. The van der Waals surface area contributed by atoms with Crippen LogP contribution in [0.15, 0.2) is 22.8 Å². The van der Waals surface area contributed by atoms with Gasteiger partial charge in [0.05, 0.1) is 16.7 Å². The first kappa shape index (κ1) is 14.1. The number of rotatable bonds is 5. The van der Waals surface area contributed by atoms with Crippen molar-refractivity contribution in [2.75, 3.05) is 6.54 Å². The zero-order chi connectivity index (χ0) is 13.8. The highest BCUT2D eigenvalue weighted by Crippen LogP contribution is 2.29. The maximum Gasteiger partial charge on any atom is 0.145 e. The molecule has 102 valence electrons. The van der Waals surface area contributed by atoms with Crippen molar-refractivity contribution in [2.45, 2.75) is 19.4 Å². The van der Waals surface area contributed by atoms with Crippen molar-refractivity contribution in [1.82, 2.24) is 20.7 Å². The van der Waals surface area contributed by atoms with Crippen LogP contribution >= 0.6 is 15.9 Å². The Bertz CT molecular complexity index is 545. The number of aromatic nitrogens is 3. The van der Waals surface area contributed by atoms with Gasteiger partial charge >= 0.3 is 0 Å². The Hall–Kier alpha value is -1.34. The predicted octanol–water partition coefficient (Wildman–Crippen LogP) is 2.93. The molecule has 1 atom stereocenters. The summed E-state index contributed by atoms with van der Waals surface area (Å²) in [6, 6.07) is 1.90. The molecule has 1 aromatic heterocycles. The number of benzene rings is 1. The van der Waals surface area contributed by atoms with E-state index in [1.807, 2.05) is 6.92 Å². The lowest BCUT2D eigenvalue weighted by molar-refractivity contribution is 0.494. The molecule has 0 amide bonds. The van der Waals surface area contributed by atoms with Crippen LogP contribution < -0.4 is 5.32 Å². The Morgan fingerprint density at radius 1 is 1.42 bits per heavy atom. The zero-order valence-electron chi connectivity index (χ0n) is 10.3. The van der Waals surface area contributed by atoms with E-state index in [2.05, 4.69) is 36.7 Å². The summed E-state index contributed by atoms with van der Waals surface area (Å²) in [4.78, 5) is 0. The third-order valence-electron chi connectivity index (χ3n) is 2.70. The fraction of sp³-hybridized carbons (Fsp3) is 0.333. The van der Waals surface area contributed by atoms with Crippen LogP contribution in [0.5, 0.6) is 0 Å². The number of H-pyrrole nitrogens is 1. The Balaban J connectivity index is 2.46. The van der Waals surface area contributed by atoms with Crippen LogP contribution in [0.4, 0.5) is 8.78 Å². The highest BCUT2D eigenvalue weighted by molar-refractivity contribution is 9.10. The lowest BCUT2D eigenvalue weighted by atomic mass is 10.0. The third kappa shape index (κ3) is 2.98. The number of nitrogens with one attached hydrogen (secondary N) is 2. The maximum atomic E-state index is 14.1. The van der Waals surface area contributed by atoms with E-state index in [0.717, 1.165) is 6.42 Å². The van der Waals surface area contributed by atoms with Crippen LogP contribution in [0.3, 0.4) is 0 Å². The van der Waals surface area contributed by atoms with Gasteiger partial charge in [0.2, 0.25) is 0 Å². The topological polar surface area (TPSA) is 53.6 Å². The highest BCUT2D eigenvalue weighted by atomic mass is 79.9. The van der Waals surface area contributed by atoms with Crippen LogP contribution in [-0.4, -0.2) is 22.0 Å². The van der Waals surface area contributed by atoms with Crippen molar-refractivity contribution in [2.24, 2.45) is 0 Å². The molecule has 2 N–H and O–H groups in total. The normalized spacial score (nSPS) is 12.6. The average molecular weight is 331 g/mol. The molecule has 0 bridgehead atoms. The van der Waals surface area contributed by atoms with E-state index in [1.165, 1.54) is 18.3 Å². The van der Waals surface area contributed by atoms with Crippen molar-refractivity contribution in [3.63, 3.8) is 0 Å². The first-order valence-corrected chi connectivity index (χ1v) is 6.67. The van der Waals surface area contributed by atoms with Crippen molar-refractivity contribution < 1.29 is 8.78 Å². The van der Waals surface area contributed by atoms with Gasteiger partial charge < -0.3 is 5.32 Å². The molecular formula is C12H13BrF2N4. The number of aromatic amines is 1. The molecule has 0 spiro atoms. The molecule has 4 nitrogen and oxygen atoms in total. The Morgan fingerprint density at radius 3 is 2.84 bits per heavy atom. The molecule has 1 heterocycles. The Labute approximate surface area is 117 Å². The molecular weight excluding hydrogens is 318 g/mol. The zero-order valence-corrected chi connectivity index (χ0v) is 11.8. The number of nitrogens with zero attached hydrogens (tertiary/aromatic N) is 2. The molecule has 0 aliphatic carbocycles. The van der Waals surface area contributed by atoms with Gasteiger partial charge in [0, 0.05) is 5.56 Å². The van der Waals surface area contributed by atoms with Gasteiger partial charge in [-0.1, -0.05) is 6.92 Å². The maximum absolute atomic E-state index is 14.1. The predicted molar refractivity (Wildman–Crippen MR) is 70.6 cm³/mol. The summed E-state index contributed by atoms with van der Waals surface area (Å²) >= 11 is 3.07. The van der Waals surface area contributed by atoms with Gasteiger partial charge in [0.15, 0.2) is 0 Å². The second-order valence-electron chi connectivity index (χ2n) is 4.04. The standard InChI is InChI=1S/C12H13BrF2N4/c1-2-5-16-12(9-6-17-19-18-9)10-8(14)4-3-7(13)11(10)15/h3-4,6,12,16H,2,5H2,1H3,(H,17,18,19). The molecule has 0 aliphatic rings. The lowest BCUT2D eigenvalue weighted by Crippen LogP contribution is -2.25. The van der Waals surface area contributed by atoms with E-state index in [0.29, 0.717) is 12.2 Å². The van der Waals surface area contributed by atoms with Gasteiger partial charge in [-0.25, -0.2) is 8.78 Å². The van der Waals surface area contributed by atoms with Gasteiger partial charge in [-0.2, -0.15) is 15.4 Å². The summed E-state index contributed by atoms with van der Waals surface area (Å²) in [7, 11) is 0. The van der Waals surface area contributed by atoms with E-state index < -0.39 is 17.7 Å². The fourth-order valence-electron chi connectivity index (χ4n) is 1.80. The van der Waals surface area contributed by atoms with Crippen molar-refractivity contribution in [3.8, 4) is 0 Å². The molecule has 19 heavy (non-hydrogen) atoms. The van der Waals surface area contributed by atoms with E-state index >= 15 is 0 Å². The Kier molecular flexibility index (Phi) is 4.60. The van der Waals surface area contributed by atoms with E-state index in [4.69, 9.17) is 0 Å². The molecule has 2 rings (SSSR count). The summed E-state index contributed by atoms with van der Waals surface area (Å²) in [5, 5.41) is 13.1. The van der Waals surface area contributed by atoms with Crippen LogP contribution in [-0.2, 0) is 0 Å². The molecule has 0 fully saturated rings. The second kappa shape index (κ2) is 6.21. The summed E-state index contributed by atoms with van der Waals surface area (Å²) < 4.78 is 28.3. The van der Waals surface area contributed by atoms with E-state index in [9.17, 15) is 8.78 Å². The molecule has 0 radical (unpaired) electrons. The number of hydrogen-bond donors (Lipinski definition) is 2. The van der Waals surface area contributed by atoms with Gasteiger partial charge in [0.1, 0.15) is 17.3 Å². The van der Waals surface area contributed by atoms with Crippen LogP contribution in [0.25, 0.3) is 0 Å². The minimum atomic E-state index is -0.670. The smallest absolute Gasteiger partial charge is 0.145 e. The molecule has 1 aromatic carbocycles. The molecule has 0 saturated carbocycles. The molecule has 0 aliphatic heterocycles. The minimum absolute atomic E-state index is 0.0586. The minimum Gasteiger partial charge on any atom is -0.305 e. The average Bonchev–Trinajstić information content (AvgIpc) is 2.92. The lowest BCUT2D eigenvalue weighted by Gasteiger charge is -2.18. The van der Waals surface area contributed by atoms with Crippen LogP contribution in [0.2, 0.25) is 0 Å². The van der Waals surface area contributed by atoms with E-state index in [1.54, 1.807) is 0 Å². The fourth-order valence-corrected chi connectivity index (χ4v) is 2.15. The van der Waals surface area contributed by atoms with Crippen molar-refractivity contribution in [3.05, 3.63) is 45.7 Å². The quantitative estimate of drug-likeness (QED) is 0.829. The SMILES string of the molecule is CCCNC(c1cn[nH]n1)c1c(F)ccc(Br)c1F. The largest absolute Gasteiger partial charge is 0.305 e. The van der Waals surface area contributed by atoms with Crippen molar-refractivity contribution >= 4 is 15.9 Å². The van der Waals surface area contributed by atoms with Gasteiger partial charge in [-0.05, 0) is 41.0 Å².